The van der Waals surface area contributed by atoms with E-state index in [1.807, 2.05) is 32.9 Å². The third-order valence-corrected chi connectivity index (χ3v) is 3.73. The van der Waals surface area contributed by atoms with Gasteiger partial charge in [-0.15, -0.1) is 0 Å². The first-order chi connectivity index (χ1) is 12.2. The Balaban J connectivity index is 2.12. The molecular weight excluding hydrogens is 332 g/mol. The van der Waals surface area contributed by atoms with Crippen molar-refractivity contribution in [2.24, 2.45) is 0 Å². The standard InChI is InChI=1S/C20H22N2O4/c1-20(2,3)15-10-5-6-11-16(15)22-18(24)17(23)21-14-9-7-8-13(12-14)19(25)26-4/h5-12H,1-4H3,(H,21,23)(H,22,24). The van der Waals surface area contributed by atoms with Gasteiger partial charge in [0, 0.05) is 11.4 Å². The fourth-order valence-electron chi connectivity index (χ4n) is 2.45. The molecule has 0 aliphatic heterocycles. The van der Waals surface area contributed by atoms with Gasteiger partial charge in [-0.05, 0) is 35.2 Å². The third-order valence-electron chi connectivity index (χ3n) is 3.73. The van der Waals surface area contributed by atoms with Crippen LogP contribution in [0.4, 0.5) is 11.4 Å². The lowest BCUT2D eigenvalue weighted by atomic mass is 9.86. The van der Waals surface area contributed by atoms with E-state index in [9.17, 15) is 14.4 Å². The number of ether oxygens (including phenoxy) is 1. The summed E-state index contributed by atoms with van der Waals surface area (Å²) in [5, 5.41) is 5.12. The number of methoxy groups -OCH3 is 1. The van der Waals surface area contributed by atoms with Crippen LogP contribution in [0.25, 0.3) is 0 Å². The van der Waals surface area contributed by atoms with Crippen LogP contribution in [0, 0.1) is 0 Å². The summed E-state index contributed by atoms with van der Waals surface area (Å²) in [4.78, 5) is 36.0. The molecule has 0 aliphatic carbocycles. The highest BCUT2D eigenvalue weighted by Gasteiger charge is 2.21. The molecule has 0 saturated carbocycles. The highest BCUT2D eigenvalue weighted by Crippen LogP contribution is 2.29. The Morgan fingerprint density at radius 3 is 2.19 bits per heavy atom. The average Bonchev–Trinajstić information content (AvgIpc) is 2.60. The molecular formula is C20H22N2O4. The molecule has 0 bridgehead atoms. The van der Waals surface area contributed by atoms with Crippen molar-refractivity contribution < 1.29 is 19.1 Å². The summed E-state index contributed by atoms with van der Waals surface area (Å²) >= 11 is 0. The Labute approximate surface area is 152 Å². The van der Waals surface area contributed by atoms with E-state index in [2.05, 4.69) is 15.4 Å². The molecule has 0 aliphatic rings. The number of nitrogens with one attached hydrogen (secondary N) is 2. The van der Waals surface area contributed by atoms with Crippen molar-refractivity contribution in [1.82, 2.24) is 0 Å². The molecule has 2 amide bonds. The third kappa shape index (κ3) is 4.69. The highest BCUT2D eigenvalue weighted by atomic mass is 16.5. The lowest BCUT2D eigenvalue weighted by Crippen LogP contribution is -2.30. The summed E-state index contributed by atoms with van der Waals surface area (Å²) in [6, 6.07) is 13.5. The van der Waals surface area contributed by atoms with Gasteiger partial charge in [0.1, 0.15) is 0 Å². The fourth-order valence-corrected chi connectivity index (χ4v) is 2.45. The monoisotopic (exact) mass is 354 g/mol. The molecule has 0 radical (unpaired) electrons. The van der Waals surface area contributed by atoms with E-state index < -0.39 is 17.8 Å². The van der Waals surface area contributed by atoms with Crippen LogP contribution in [0.3, 0.4) is 0 Å². The van der Waals surface area contributed by atoms with Gasteiger partial charge in [-0.2, -0.15) is 0 Å². The smallest absolute Gasteiger partial charge is 0.337 e. The maximum atomic E-state index is 12.3. The van der Waals surface area contributed by atoms with Crippen molar-refractivity contribution in [2.45, 2.75) is 26.2 Å². The molecule has 136 valence electrons. The van der Waals surface area contributed by atoms with Gasteiger partial charge in [0.25, 0.3) is 0 Å². The first-order valence-corrected chi connectivity index (χ1v) is 8.12. The van der Waals surface area contributed by atoms with E-state index in [-0.39, 0.29) is 11.0 Å². The molecule has 2 rings (SSSR count). The predicted molar refractivity (Wildman–Crippen MR) is 100 cm³/mol. The van der Waals surface area contributed by atoms with E-state index in [1.54, 1.807) is 30.3 Å². The first kappa shape index (κ1) is 19.2. The van der Waals surface area contributed by atoms with E-state index in [1.165, 1.54) is 13.2 Å². The number of anilines is 2. The number of benzene rings is 2. The van der Waals surface area contributed by atoms with Crippen LogP contribution in [0.5, 0.6) is 0 Å². The summed E-state index contributed by atoms with van der Waals surface area (Å²) in [5.74, 6) is -2.13. The van der Waals surface area contributed by atoms with Crippen molar-refractivity contribution in [1.29, 1.82) is 0 Å². The van der Waals surface area contributed by atoms with Crippen molar-refractivity contribution in [3.8, 4) is 0 Å². The molecule has 2 aromatic carbocycles. The summed E-state index contributed by atoms with van der Waals surface area (Å²) in [7, 11) is 1.27. The number of carbonyl (C=O) groups is 3. The zero-order valence-electron chi connectivity index (χ0n) is 15.3. The maximum Gasteiger partial charge on any atom is 0.337 e. The second-order valence-corrected chi connectivity index (χ2v) is 6.78. The minimum absolute atomic E-state index is 0.185. The van der Waals surface area contributed by atoms with Crippen LogP contribution >= 0.6 is 0 Å². The van der Waals surface area contributed by atoms with Gasteiger partial charge < -0.3 is 15.4 Å². The number of amides is 2. The molecule has 0 fully saturated rings. The second kappa shape index (κ2) is 7.82. The lowest BCUT2D eigenvalue weighted by molar-refractivity contribution is -0.133. The number of hydrogen-bond acceptors (Lipinski definition) is 4. The molecule has 6 heteroatoms. The molecule has 6 nitrogen and oxygen atoms in total. The largest absolute Gasteiger partial charge is 0.465 e. The first-order valence-electron chi connectivity index (χ1n) is 8.12. The van der Waals surface area contributed by atoms with Gasteiger partial charge in [-0.1, -0.05) is 45.0 Å². The van der Waals surface area contributed by atoms with Crippen molar-refractivity contribution in [3.63, 3.8) is 0 Å². The van der Waals surface area contributed by atoms with E-state index in [0.29, 0.717) is 11.4 Å². The number of hydrogen-bond donors (Lipinski definition) is 2. The Bertz CT molecular complexity index is 838. The normalized spacial score (nSPS) is 10.8. The van der Waals surface area contributed by atoms with Gasteiger partial charge in [0.05, 0.1) is 12.7 Å². The van der Waals surface area contributed by atoms with Crippen LogP contribution < -0.4 is 10.6 Å². The fraction of sp³-hybridized carbons (Fsp3) is 0.250. The molecule has 0 unspecified atom stereocenters. The SMILES string of the molecule is COC(=O)c1cccc(NC(=O)C(=O)Nc2ccccc2C(C)(C)C)c1. The van der Waals surface area contributed by atoms with Gasteiger partial charge in [0.2, 0.25) is 0 Å². The molecule has 2 N–H and O–H groups in total. The van der Waals surface area contributed by atoms with E-state index >= 15 is 0 Å². The van der Waals surface area contributed by atoms with Gasteiger partial charge >= 0.3 is 17.8 Å². The second-order valence-electron chi connectivity index (χ2n) is 6.78. The van der Waals surface area contributed by atoms with E-state index in [0.717, 1.165) is 5.56 Å². The van der Waals surface area contributed by atoms with Crippen molar-refractivity contribution >= 4 is 29.2 Å². The van der Waals surface area contributed by atoms with Crippen LogP contribution in [-0.4, -0.2) is 24.9 Å². The Morgan fingerprint density at radius 1 is 0.885 bits per heavy atom. The zero-order chi connectivity index (χ0) is 19.3. The molecule has 0 heterocycles. The number of carbonyl (C=O) groups excluding carboxylic acids is 3. The molecule has 0 aromatic heterocycles. The molecule has 0 atom stereocenters. The minimum atomic E-state index is -0.823. The Morgan fingerprint density at radius 2 is 1.54 bits per heavy atom. The Kier molecular flexibility index (Phi) is 5.77. The van der Waals surface area contributed by atoms with Gasteiger partial charge in [-0.3, -0.25) is 9.59 Å². The molecule has 26 heavy (non-hydrogen) atoms. The van der Waals surface area contributed by atoms with Crippen LogP contribution in [0.2, 0.25) is 0 Å². The van der Waals surface area contributed by atoms with Crippen molar-refractivity contribution in [3.05, 3.63) is 59.7 Å². The number of esters is 1. The number of rotatable bonds is 3. The quantitative estimate of drug-likeness (QED) is 0.654. The minimum Gasteiger partial charge on any atom is -0.465 e. The van der Waals surface area contributed by atoms with Crippen LogP contribution in [0.1, 0.15) is 36.7 Å². The molecule has 0 spiro atoms. The molecule has 2 aromatic rings. The van der Waals surface area contributed by atoms with Crippen LogP contribution in [0.15, 0.2) is 48.5 Å². The summed E-state index contributed by atoms with van der Waals surface area (Å²) in [6.45, 7) is 6.07. The van der Waals surface area contributed by atoms with E-state index in [4.69, 9.17) is 0 Å². The summed E-state index contributed by atoms with van der Waals surface area (Å²) < 4.78 is 4.64. The predicted octanol–water partition coefficient (Wildman–Crippen LogP) is 3.35. The highest BCUT2D eigenvalue weighted by molar-refractivity contribution is 6.43. The van der Waals surface area contributed by atoms with Gasteiger partial charge in [0.15, 0.2) is 0 Å². The maximum absolute atomic E-state index is 12.3. The van der Waals surface area contributed by atoms with Gasteiger partial charge in [-0.25, -0.2) is 4.79 Å². The Hall–Kier alpha value is -3.15. The summed E-state index contributed by atoms with van der Waals surface area (Å²) in [6.07, 6.45) is 0. The molecule has 0 saturated heterocycles. The summed E-state index contributed by atoms with van der Waals surface area (Å²) in [5.41, 5.74) is 1.94. The van der Waals surface area contributed by atoms with Crippen molar-refractivity contribution in [2.75, 3.05) is 17.7 Å². The topological polar surface area (TPSA) is 84.5 Å². The number of para-hydroxylation sites is 1. The van der Waals surface area contributed by atoms with Crippen LogP contribution in [-0.2, 0) is 19.7 Å². The average molecular weight is 354 g/mol. The lowest BCUT2D eigenvalue weighted by Gasteiger charge is -2.22. The zero-order valence-corrected chi connectivity index (χ0v) is 15.3.